The average Bonchev–Trinajstić information content (AvgIpc) is 2.82. The molecule has 19 heavy (non-hydrogen) atoms. The molecule has 0 aliphatic heterocycles. The summed E-state index contributed by atoms with van der Waals surface area (Å²) in [6, 6.07) is 7.83. The van der Waals surface area contributed by atoms with Crippen molar-refractivity contribution in [2.45, 2.75) is 5.16 Å². The van der Waals surface area contributed by atoms with Gasteiger partial charge in [-0.3, -0.25) is 5.73 Å². The number of benzene rings is 1. The summed E-state index contributed by atoms with van der Waals surface area (Å²) in [5.41, 5.74) is 7.86. The van der Waals surface area contributed by atoms with E-state index in [1.54, 1.807) is 0 Å². The molecule has 1 aromatic carbocycles. The second-order valence-corrected chi connectivity index (χ2v) is 4.83. The molecule has 3 rings (SSSR count). The number of H-pyrrole nitrogens is 1. The average molecular weight is 275 g/mol. The number of rotatable bonds is 3. The van der Waals surface area contributed by atoms with Gasteiger partial charge in [-0.05, 0) is 6.07 Å². The first-order valence-corrected chi connectivity index (χ1v) is 6.52. The summed E-state index contributed by atoms with van der Waals surface area (Å²) >= 11 is 1.29. The Bertz CT molecular complexity index is 768. The van der Waals surface area contributed by atoms with Crippen LogP contribution in [0.4, 0.5) is 0 Å². The zero-order valence-corrected chi connectivity index (χ0v) is 10.6. The number of hydrogen-bond donors (Lipinski definition) is 4. The fourth-order valence-corrected chi connectivity index (χ4v) is 2.35. The van der Waals surface area contributed by atoms with Crippen LogP contribution in [0.1, 0.15) is 0 Å². The number of amidine groups is 1. The van der Waals surface area contributed by atoms with Gasteiger partial charge in [0.25, 0.3) is 5.84 Å². The molecule has 7 nitrogen and oxygen atoms in total. The van der Waals surface area contributed by atoms with Crippen LogP contribution in [0.5, 0.6) is 0 Å². The molecule has 96 valence electrons. The molecule has 0 saturated carbocycles. The van der Waals surface area contributed by atoms with Gasteiger partial charge in [0.05, 0.1) is 0 Å². The van der Waals surface area contributed by atoms with Gasteiger partial charge in [-0.25, -0.2) is 4.98 Å². The maximum absolute atomic E-state index is 8.59. The van der Waals surface area contributed by atoms with Gasteiger partial charge in [0, 0.05) is 10.9 Å². The molecular formula is C11H11N6OS+. The van der Waals surface area contributed by atoms with Crippen LogP contribution in [0.15, 0.2) is 29.4 Å². The number of aromatic amines is 1. The van der Waals surface area contributed by atoms with Crippen LogP contribution in [0.25, 0.3) is 22.1 Å². The van der Waals surface area contributed by atoms with Gasteiger partial charge in [-0.15, -0.1) is 10.2 Å². The first-order chi connectivity index (χ1) is 9.28. The zero-order valence-electron chi connectivity index (χ0n) is 9.79. The van der Waals surface area contributed by atoms with Crippen molar-refractivity contribution in [3.63, 3.8) is 0 Å². The Morgan fingerprint density at radius 2 is 2.21 bits per heavy atom. The third-order valence-electron chi connectivity index (χ3n) is 2.60. The minimum Gasteiger partial charge on any atom is -0.357 e. The highest BCUT2D eigenvalue weighted by Gasteiger charge is 2.10. The van der Waals surface area contributed by atoms with E-state index in [4.69, 9.17) is 10.9 Å². The largest absolute Gasteiger partial charge is 0.357 e. The number of fused-ring (bicyclic) bond motifs is 3. The molecule has 0 atom stereocenters. The minimum absolute atomic E-state index is 0.241. The summed E-state index contributed by atoms with van der Waals surface area (Å²) < 4.78 is 0. The Morgan fingerprint density at radius 1 is 1.37 bits per heavy atom. The summed E-state index contributed by atoms with van der Waals surface area (Å²) in [5, 5.41) is 20.2. The molecule has 2 aromatic heterocycles. The van der Waals surface area contributed by atoms with Gasteiger partial charge < -0.3 is 10.2 Å². The predicted molar refractivity (Wildman–Crippen MR) is 71.9 cm³/mol. The first-order valence-electron chi connectivity index (χ1n) is 5.53. The monoisotopic (exact) mass is 275 g/mol. The number of aromatic nitrogens is 4. The van der Waals surface area contributed by atoms with Crippen LogP contribution in [0.3, 0.4) is 0 Å². The van der Waals surface area contributed by atoms with Gasteiger partial charge in [0.2, 0.25) is 5.16 Å². The van der Waals surface area contributed by atoms with Gasteiger partial charge in [0.1, 0.15) is 11.3 Å². The van der Waals surface area contributed by atoms with E-state index >= 15 is 0 Å². The molecule has 0 radical (unpaired) electrons. The van der Waals surface area contributed by atoms with Crippen molar-refractivity contribution in [3.05, 3.63) is 24.3 Å². The van der Waals surface area contributed by atoms with Crippen LogP contribution in [-0.4, -0.2) is 37.0 Å². The molecule has 0 unspecified atom stereocenters. The standard InChI is InChI=1S/C11H10N6OS/c12-8(17-18)5-19-11-14-10-9(15-16-11)6-3-1-2-4-7(6)13-10/h1-4,18H,5H2,(H2,12,17)(H,13,14,16)/p+1. The summed E-state index contributed by atoms with van der Waals surface area (Å²) in [6.07, 6.45) is 0. The van der Waals surface area contributed by atoms with Crippen LogP contribution < -0.4 is 10.9 Å². The Balaban J connectivity index is 1.99. The molecule has 0 spiro atoms. The van der Waals surface area contributed by atoms with Crippen molar-refractivity contribution in [1.82, 2.24) is 20.2 Å². The fourth-order valence-electron chi connectivity index (χ4n) is 1.74. The fraction of sp³-hybridized carbons (Fsp3) is 0.0909. The lowest BCUT2D eigenvalue weighted by atomic mass is 10.2. The maximum atomic E-state index is 8.59. The minimum atomic E-state index is 0.241. The van der Waals surface area contributed by atoms with Crippen molar-refractivity contribution < 1.29 is 10.4 Å². The normalized spacial score (nSPS) is 12.3. The van der Waals surface area contributed by atoms with Crippen molar-refractivity contribution >= 4 is 39.7 Å². The van der Waals surface area contributed by atoms with E-state index < -0.39 is 0 Å². The lowest BCUT2D eigenvalue weighted by molar-refractivity contribution is -0.738. The third kappa shape index (κ3) is 2.17. The van der Waals surface area contributed by atoms with E-state index in [-0.39, 0.29) is 5.84 Å². The van der Waals surface area contributed by atoms with Gasteiger partial charge >= 0.3 is 0 Å². The number of nitrogens with zero attached hydrogens (tertiary/aromatic N) is 3. The van der Waals surface area contributed by atoms with Crippen LogP contribution in [0.2, 0.25) is 0 Å². The Morgan fingerprint density at radius 3 is 3.05 bits per heavy atom. The van der Waals surface area contributed by atoms with E-state index in [1.807, 2.05) is 29.4 Å². The van der Waals surface area contributed by atoms with E-state index in [0.717, 1.165) is 16.4 Å². The van der Waals surface area contributed by atoms with Crippen molar-refractivity contribution in [2.24, 2.45) is 5.73 Å². The molecule has 0 fully saturated rings. The Hall–Kier alpha value is -2.35. The number of para-hydroxylation sites is 1. The predicted octanol–water partition coefficient (Wildman–Crippen LogP) is -0.575. The first kappa shape index (κ1) is 11.7. The topological polar surface area (TPSA) is 115 Å². The second kappa shape index (κ2) is 4.73. The number of thioether (sulfide) groups is 1. The summed E-state index contributed by atoms with van der Waals surface area (Å²) in [4.78, 5) is 7.56. The molecule has 0 aliphatic carbocycles. The van der Waals surface area contributed by atoms with E-state index in [0.29, 0.717) is 16.6 Å². The second-order valence-electron chi connectivity index (χ2n) is 3.89. The lowest BCUT2D eigenvalue weighted by Crippen LogP contribution is -2.72. The SMILES string of the molecule is NC(CSc1nnc2c(n1)[nH]c1ccccc12)=[NH+]O. The van der Waals surface area contributed by atoms with Gasteiger partial charge in [-0.2, -0.15) is 0 Å². The number of hydrogen-bond acceptors (Lipinski definition) is 5. The highest BCUT2D eigenvalue weighted by Crippen LogP contribution is 2.22. The molecule has 0 aliphatic rings. The van der Waals surface area contributed by atoms with Crippen molar-refractivity contribution in [2.75, 3.05) is 5.75 Å². The van der Waals surface area contributed by atoms with Gasteiger partial charge in [-0.1, -0.05) is 35.1 Å². The maximum Gasteiger partial charge on any atom is 0.289 e. The van der Waals surface area contributed by atoms with Crippen LogP contribution in [0, 0.1) is 0 Å². The van der Waals surface area contributed by atoms with E-state index in [1.165, 1.54) is 11.8 Å². The quantitative estimate of drug-likeness (QED) is 0.167. The van der Waals surface area contributed by atoms with Crippen LogP contribution >= 0.6 is 11.8 Å². The van der Waals surface area contributed by atoms with Crippen molar-refractivity contribution in [3.8, 4) is 0 Å². The molecule has 0 bridgehead atoms. The Labute approximate surface area is 111 Å². The molecule has 5 N–H and O–H groups in total. The van der Waals surface area contributed by atoms with Gasteiger partial charge in [0.15, 0.2) is 5.65 Å². The third-order valence-corrected chi connectivity index (χ3v) is 3.49. The lowest BCUT2D eigenvalue weighted by Gasteiger charge is -1.95. The zero-order chi connectivity index (χ0) is 13.2. The molecule has 0 amide bonds. The number of nitrogens with two attached hydrogens (primary N) is 1. The molecule has 3 aromatic rings. The highest BCUT2D eigenvalue weighted by molar-refractivity contribution is 7.99. The molecule has 2 heterocycles. The van der Waals surface area contributed by atoms with E-state index in [9.17, 15) is 0 Å². The van der Waals surface area contributed by atoms with Crippen molar-refractivity contribution in [1.29, 1.82) is 0 Å². The summed E-state index contributed by atoms with van der Waals surface area (Å²) in [5.74, 6) is 0.606. The van der Waals surface area contributed by atoms with Crippen LogP contribution in [-0.2, 0) is 0 Å². The molecule has 8 heteroatoms. The van der Waals surface area contributed by atoms with E-state index in [2.05, 4.69) is 20.2 Å². The summed E-state index contributed by atoms with van der Waals surface area (Å²) in [7, 11) is 0. The molecule has 0 saturated heterocycles. The smallest absolute Gasteiger partial charge is 0.289 e. The Kier molecular flexibility index (Phi) is 2.92. The summed E-state index contributed by atoms with van der Waals surface area (Å²) in [6.45, 7) is 0. The molecular weight excluding hydrogens is 264 g/mol. The number of nitrogens with one attached hydrogen (secondary N) is 2. The highest BCUT2D eigenvalue weighted by atomic mass is 32.2.